The molecule has 0 N–H and O–H groups in total. The molecule has 0 saturated heterocycles. The van der Waals surface area contributed by atoms with E-state index in [2.05, 4.69) is 9.97 Å². The van der Waals surface area contributed by atoms with Gasteiger partial charge in [-0.3, -0.25) is 4.57 Å². The van der Waals surface area contributed by atoms with Crippen molar-refractivity contribution in [1.82, 2.24) is 14.5 Å². The lowest BCUT2D eigenvalue weighted by Gasteiger charge is -2.03. The fourth-order valence-corrected chi connectivity index (χ4v) is 1.80. The average molecular weight is 209 g/mol. The SMILES string of the molecule is Cc1cccc(-n2cnc3ccccc32)n1. The minimum atomic E-state index is 0.911. The van der Waals surface area contributed by atoms with E-state index in [0.29, 0.717) is 0 Å². The largest absolute Gasteiger partial charge is 0.283 e. The Morgan fingerprint density at radius 3 is 2.75 bits per heavy atom. The molecular formula is C13H11N3. The van der Waals surface area contributed by atoms with Gasteiger partial charge in [0.25, 0.3) is 0 Å². The van der Waals surface area contributed by atoms with Crippen LogP contribution in [0, 0.1) is 6.92 Å². The van der Waals surface area contributed by atoms with Crippen LogP contribution in [0.2, 0.25) is 0 Å². The lowest BCUT2D eigenvalue weighted by atomic mass is 10.3. The number of fused-ring (bicyclic) bond motifs is 1. The normalized spacial score (nSPS) is 10.8. The zero-order valence-corrected chi connectivity index (χ0v) is 8.96. The van der Waals surface area contributed by atoms with Gasteiger partial charge in [0.1, 0.15) is 12.1 Å². The smallest absolute Gasteiger partial charge is 0.138 e. The van der Waals surface area contributed by atoms with E-state index in [0.717, 1.165) is 22.5 Å². The number of aromatic nitrogens is 3. The molecule has 0 aliphatic carbocycles. The van der Waals surface area contributed by atoms with Crippen molar-refractivity contribution < 1.29 is 0 Å². The van der Waals surface area contributed by atoms with Gasteiger partial charge in [0.15, 0.2) is 0 Å². The van der Waals surface area contributed by atoms with Crippen molar-refractivity contribution in [3.8, 4) is 5.82 Å². The highest BCUT2D eigenvalue weighted by atomic mass is 15.1. The minimum Gasteiger partial charge on any atom is -0.283 e. The number of pyridine rings is 1. The van der Waals surface area contributed by atoms with Crippen molar-refractivity contribution in [3.63, 3.8) is 0 Å². The Kier molecular flexibility index (Phi) is 1.96. The van der Waals surface area contributed by atoms with Gasteiger partial charge in [-0.1, -0.05) is 18.2 Å². The van der Waals surface area contributed by atoms with Gasteiger partial charge in [-0.15, -0.1) is 0 Å². The summed E-state index contributed by atoms with van der Waals surface area (Å²) >= 11 is 0. The van der Waals surface area contributed by atoms with Crippen molar-refractivity contribution in [1.29, 1.82) is 0 Å². The van der Waals surface area contributed by atoms with Gasteiger partial charge in [-0.05, 0) is 31.2 Å². The van der Waals surface area contributed by atoms with E-state index < -0.39 is 0 Å². The molecule has 2 aromatic heterocycles. The molecule has 16 heavy (non-hydrogen) atoms. The van der Waals surface area contributed by atoms with E-state index in [1.54, 1.807) is 0 Å². The molecule has 78 valence electrons. The second-order valence-electron chi connectivity index (χ2n) is 3.74. The number of para-hydroxylation sites is 2. The van der Waals surface area contributed by atoms with Crippen LogP contribution >= 0.6 is 0 Å². The van der Waals surface area contributed by atoms with Crippen molar-refractivity contribution >= 4 is 11.0 Å². The molecule has 3 heteroatoms. The molecule has 0 aliphatic heterocycles. The van der Waals surface area contributed by atoms with Crippen molar-refractivity contribution in [3.05, 3.63) is 54.5 Å². The third-order valence-electron chi connectivity index (χ3n) is 2.57. The second kappa shape index (κ2) is 3.45. The van der Waals surface area contributed by atoms with Gasteiger partial charge in [-0.25, -0.2) is 9.97 Å². The van der Waals surface area contributed by atoms with Crippen LogP contribution in [0.4, 0.5) is 0 Å². The average Bonchev–Trinajstić information content (AvgIpc) is 2.72. The Hall–Kier alpha value is -2.16. The summed E-state index contributed by atoms with van der Waals surface area (Å²) in [5.74, 6) is 0.911. The van der Waals surface area contributed by atoms with E-state index in [9.17, 15) is 0 Å². The van der Waals surface area contributed by atoms with Crippen LogP contribution < -0.4 is 0 Å². The summed E-state index contributed by atoms with van der Waals surface area (Å²) in [6.45, 7) is 1.99. The van der Waals surface area contributed by atoms with E-state index in [4.69, 9.17) is 0 Å². The summed E-state index contributed by atoms with van der Waals surface area (Å²) in [6, 6.07) is 14.0. The maximum absolute atomic E-state index is 4.49. The molecule has 0 saturated carbocycles. The monoisotopic (exact) mass is 209 g/mol. The lowest BCUT2D eigenvalue weighted by molar-refractivity contribution is 1.00. The second-order valence-corrected chi connectivity index (χ2v) is 3.74. The van der Waals surface area contributed by atoms with Crippen LogP contribution in [0.25, 0.3) is 16.9 Å². The predicted octanol–water partition coefficient (Wildman–Crippen LogP) is 2.73. The third-order valence-corrected chi connectivity index (χ3v) is 2.57. The summed E-state index contributed by atoms with van der Waals surface area (Å²) in [7, 11) is 0. The summed E-state index contributed by atoms with van der Waals surface area (Å²) in [4.78, 5) is 8.84. The van der Waals surface area contributed by atoms with Crippen LogP contribution in [-0.2, 0) is 0 Å². The predicted molar refractivity (Wildman–Crippen MR) is 63.6 cm³/mol. The summed E-state index contributed by atoms with van der Waals surface area (Å²) in [5, 5.41) is 0. The fourth-order valence-electron chi connectivity index (χ4n) is 1.80. The maximum Gasteiger partial charge on any atom is 0.138 e. The van der Waals surface area contributed by atoms with Crippen LogP contribution in [0.5, 0.6) is 0 Å². The maximum atomic E-state index is 4.49. The molecule has 0 unspecified atom stereocenters. The molecule has 2 heterocycles. The van der Waals surface area contributed by atoms with Gasteiger partial charge >= 0.3 is 0 Å². The van der Waals surface area contributed by atoms with Crippen LogP contribution in [0.15, 0.2) is 48.8 Å². The van der Waals surface area contributed by atoms with E-state index in [1.165, 1.54) is 0 Å². The van der Waals surface area contributed by atoms with Gasteiger partial charge in [0, 0.05) is 5.69 Å². The number of rotatable bonds is 1. The molecular weight excluding hydrogens is 198 g/mol. The highest BCUT2D eigenvalue weighted by Gasteiger charge is 2.04. The molecule has 3 rings (SSSR count). The van der Waals surface area contributed by atoms with Crippen molar-refractivity contribution in [2.75, 3.05) is 0 Å². The Balaban J connectivity index is 2.26. The minimum absolute atomic E-state index is 0.911. The molecule has 1 aromatic carbocycles. The fraction of sp³-hybridized carbons (Fsp3) is 0.0769. The highest BCUT2D eigenvalue weighted by molar-refractivity contribution is 5.76. The molecule has 0 spiro atoms. The first-order valence-corrected chi connectivity index (χ1v) is 5.21. The third kappa shape index (κ3) is 1.37. The van der Waals surface area contributed by atoms with E-state index in [-0.39, 0.29) is 0 Å². The first-order chi connectivity index (χ1) is 7.84. The highest BCUT2D eigenvalue weighted by Crippen LogP contribution is 2.16. The van der Waals surface area contributed by atoms with Gasteiger partial charge in [0.2, 0.25) is 0 Å². The number of benzene rings is 1. The Labute approximate surface area is 93.4 Å². The zero-order valence-electron chi connectivity index (χ0n) is 8.96. The summed E-state index contributed by atoms with van der Waals surface area (Å²) in [6.07, 6.45) is 1.81. The molecule has 3 aromatic rings. The molecule has 0 amide bonds. The molecule has 3 nitrogen and oxygen atoms in total. The lowest BCUT2D eigenvalue weighted by Crippen LogP contribution is -1.96. The van der Waals surface area contributed by atoms with Crippen molar-refractivity contribution in [2.24, 2.45) is 0 Å². The number of imidazole rings is 1. The number of nitrogens with zero attached hydrogens (tertiary/aromatic N) is 3. The zero-order chi connectivity index (χ0) is 11.0. The van der Waals surface area contributed by atoms with Crippen LogP contribution in [-0.4, -0.2) is 14.5 Å². The molecule has 0 bridgehead atoms. The van der Waals surface area contributed by atoms with Crippen molar-refractivity contribution in [2.45, 2.75) is 6.92 Å². The molecule has 0 fully saturated rings. The molecule has 0 radical (unpaired) electrons. The molecule has 0 atom stereocenters. The van der Waals surface area contributed by atoms with Crippen LogP contribution in [0.3, 0.4) is 0 Å². The van der Waals surface area contributed by atoms with E-state index in [1.807, 2.05) is 60.3 Å². The molecule has 0 aliphatic rings. The Morgan fingerprint density at radius 2 is 1.88 bits per heavy atom. The number of hydrogen-bond donors (Lipinski definition) is 0. The van der Waals surface area contributed by atoms with Gasteiger partial charge in [0.05, 0.1) is 11.0 Å². The summed E-state index contributed by atoms with van der Waals surface area (Å²) in [5.41, 5.74) is 3.08. The summed E-state index contributed by atoms with van der Waals surface area (Å²) < 4.78 is 2.00. The first kappa shape index (κ1) is 9.09. The van der Waals surface area contributed by atoms with Gasteiger partial charge < -0.3 is 0 Å². The number of aryl methyl sites for hydroxylation is 1. The first-order valence-electron chi connectivity index (χ1n) is 5.21. The topological polar surface area (TPSA) is 30.7 Å². The van der Waals surface area contributed by atoms with Gasteiger partial charge in [-0.2, -0.15) is 0 Å². The quantitative estimate of drug-likeness (QED) is 0.617. The van der Waals surface area contributed by atoms with E-state index >= 15 is 0 Å². The Morgan fingerprint density at radius 1 is 1.00 bits per heavy atom. The van der Waals surface area contributed by atoms with Crippen LogP contribution in [0.1, 0.15) is 5.69 Å². The number of hydrogen-bond acceptors (Lipinski definition) is 2. The standard InChI is InChI=1S/C13H11N3/c1-10-5-4-8-13(15-10)16-9-14-11-6-2-3-7-12(11)16/h2-9H,1H3. The Bertz CT molecular complexity index is 640.